The first-order valence-corrected chi connectivity index (χ1v) is 6.18. The highest BCUT2D eigenvalue weighted by Crippen LogP contribution is 2.16. The molecule has 0 aliphatic rings. The number of methoxy groups -OCH3 is 1. The molecule has 6 heteroatoms. The van der Waals surface area contributed by atoms with Crippen LogP contribution in [0.3, 0.4) is 0 Å². The normalized spacial score (nSPS) is 14.3. The lowest BCUT2D eigenvalue weighted by Gasteiger charge is -2.21. The third-order valence-electron chi connectivity index (χ3n) is 2.96. The number of aromatic nitrogens is 3. The van der Waals surface area contributed by atoms with Gasteiger partial charge in [0.2, 0.25) is 0 Å². The van der Waals surface area contributed by atoms with E-state index >= 15 is 0 Å². The summed E-state index contributed by atoms with van der Waals surface area (Å²) in [6.07, 6.45) is 2.15. The summed E-state index contributed by atoms with van der Waals surface area (Å²) in [4.78, 5) is 11.6. The van der Waals surface area contributed by atoms with Gasteiger partial charge in [-0.05, 0) is 19.8 Å². The van der Waals surface area contributed by atoms with Gasteiger partial charge < -0.3 is 9.84 Å². The van der Waals surface area contributed by atoms with E-state index in [1.165, 1.54) is 7.11 Å². The average Bonchev–Trinajstić information content (AvgIpc) is 2.71. The second-order valence-corrected chi connectivity index (χ2v) is 4.63. The van der Waals surface area contributed by atoms with Crippen molar-refractivity contribution in [3.05, 3.63) is 11.4 Å². The smallest absolute Gasteiger partial charge is 0.360 e. The van der Waals surface area contributed by atoms with E-state index in [1.54, 1.807) is 11.6 Å². The first-order chi connectivity index (χ1) is 8.45. The van der Waals surface area contributed by atoms with Crippen LogP contribution in [0.15, 0.2) is 0 Å². The molecule has 0 aliphatic heterocycles. The van der Waals surface area contributed by atoms with Gasteiger partial charge in [0.25, 0.3) is 0 Å². The summed E-state index contributed by atoms with van der Waals surface area (Å²) in [7, 11) is 1.32. The van der Waals surface area contributed by atoms with Gasteiger partial charge in [0.15, 0.2) is 5.69 Å². The summed E-state index contributed by atoms with van der Waals surface area (Å²) in [6, 6.07) is 0. The minimum Gasteiger partial charge on any atom is -0.464 e. The zero-order valence-corrected chi connectivity index (χ0v) is 11.4. The molecule has 1 N–H and O–H groups in total. The molecule has 0 aromatic carbocycles. The fraction of sp³-hybridized carbons (Fsp3) is 0.750. The lowest BCUT2D eigenvalue weighted by atomic mass is 10.0. The van der Waals surface area contributed by atoms with Crippen LogP contribution in [0.4, 0.5) is 0 Å². The third-order valence-corrected chi connectivity index (χ3v) is 2.96. The van der Waals surface area contributed by atoms with Crippen LogP contribution >= 0.6 is 0 Å². The Morgan fingerprint density at radius 3 is 2.67 bits per heavy atom. The molecule has 0 saturated heterocycles. The van der Waals surface area contributed by atoms with E-state index in [9.17, 15) is 9.90 Å². The molecular weight excluding hydrogens is 234 g/mol. The number of ether oxygens (including phenoxy) is 1. The monoisotopic (exact) mass is 255 g/mol. The number of hydrogen-bond acceptors (Lipinski definition) is 5. The molecule has 0 aliphatic carbocycles. The molecule has 1 rings (SSSR count). The van der Waals surface area contributed by atoms with Crippen molar-refractivity contribution in [1.82, 2.24) is 15.0 Å². The molecule has 18 heavy (non-hydrogen) atoms. The van der Waals surface area contributed by atoms with Gasteiger partial charge in [-0.2, -0.15) is 0 Å². The van der Waals surface area contributed by atoms with Gasteiger partial charge >= 0.3 is 5.97 Å². The van der Waals surface area contributed by atoms with Gasteiger partial charge in [0.05, 0.1) is 24.9 Å². The van der Waals surface area contributed by atoms with Crippen LogP contribution in [0.1, 0.15) is 49.8 Å². The maximum atomic E-state index is 11.6. The zero-order chi connectivity index (χ0) is 13.8. The molecule has 1 aromatic rings. The molecule has 6 nitrogen and oxygen atoms in total. The summed E-state index contributed by atoms with van der Waals surface area (Å²) < 4.78 is 6.27. The Balaban J connectivity index is 3.05. The maximum Gasteiger partial charge on any atom is 0.360 e. The quantitative estimate of drug-likeness (QED) is 0.772. The van der Waals surface area contributed by atoms with Gasteiger partial charge in [0, 0.05) is 0 Å². The molecule has 1 unspecified atom stereocenters. The largest absolute Gasteiger partial charge is 0.464 e. The van der Waals surface area contributed by atoms with Crippen LogP contribution in [0.5, 0.6) is 0 Å². The van der Waals surface area contributed by atoms with E-state index in [1.807, 2.05) is 13.8 Å². The number of nitrogens with zero attached hydrogens (tertiary/aromatic N) is 3. The van der Waals surface area contributed by atoms with Crippen molar-refractivity contribution in [3.8, 4) is 0 Å². The molecule has 1 heterocycles. The number of esters is 1. The van der Waals surface area contributed by atoms with Crippen molar-refractivity contribution >= 4 is 5.97 Å². The van der Waals surface area contributed by atoms with E-state index in [4.69, 9.17) is 0 Å². The number of rotatable bonds is 6. The first-order valence-electron chi connectivity index (χ1n) is 6.18. The van der Waals surface area contributed by atoms with Gasteiger partial charge in [-0.1, -0.05) is 25.5 Å². The van der Waals surface area contributed by atoms with Crippen LogP contribution in [0, 0.1) is 0 Å². The lowest BCUT2D eigenvalue weighted by molar-refractivity contribution is 0.0330. The van der Waals surface area contributed by atoms with E-state index in [0.29, 0.717) is 19.4 Å². The van der Waals surface area contributed by atoms with E-state index in [-0.39, 0.29) is 5.69 Å². The molecule has 1 aromatic heterocycles. The number of hydrogen-bond donors (Lipinski definition) is 1. The zero-order valence-electron chi connectivity index (χ0n) is 11.4. The number of aliphatic hydroxyl groups is 1. The highest BCUT2D eigenvalue weighted by atomic mass is 16.5. The Kier molecular flexibility index (Phi) is 4.84. The predicted octanol–water partition coefficient (Wildman–Crippen LogP) is 1.18. The number of carbonyl (C=O) groups excluding carboxylic acids is 1. The summed E-state index contributed by atoms with van der Waals surface area (Å²) in [5, 5.41) is 17.9. The molecule has 0 bridgehead atoms. The summed E-state index contributed by atoms with van der Waals surface area (Å²) >= 11 is 0. The van der Waals surface area contributed by atoms with Crippen LogP contribution in [0.25, 0.3) is 0 Å². The van der Waals surface area contributed by atoms with Crippen LogP contribution < -0.4 is 0 Å². The van der Waals surface area contributed by atoms with Crippen molar-refractivity contribution < 1.29 is 14.6 Å². The molecule has 0 radical (unpaired) electrons. The minimum absolute atomic E-state index is 0.242. The van der Waals surface area contributed by atoms with Gasteiger partial charge in [-0.3, -0.25) is 0 Å². The molecule has 0 saturated carbocycles. The van der Waals surface area contributed by atoms with Crippen LogP contribution in [-0.4, -0.2) is 38.8 Å². The van der Waals surface area contributed by atoms with E-state index in [2.05, 4.69) is 15.0 Å². The van der Waals surface area contributed by atoms with Crippen LogP contribution in [-0.2, 0) is 17.7 Å². The van der Waals surface area contributed by atoms with Crippen LogP contribution in [0.2, 0.25) is 0 Å². The molecule has 0 fully saturated rings. The van der Waals surface area contributed by atoms with Crippen molar-refractivity contribution in [2.75, 3.05) is 7.11 Å². The fourth-order valence-corrected chi connectivity index (χ4v) is 1.63. The van der Waals surface area contributed by atoms with Gasteiger partial charge in [-0.25, -0.2) is 9.48 Å². The predicted molar refractivity (Wildman–Crippen MR) is 66.3 cm³/mol. The molecule has 1 atom stereocenters. The summed E-state index contributed by atoms with van der Waals surface area (Å²) in [6.45, 7) is 5.97. The van der Waals surface area contributed by atoms with Crippen molar-refractivity contribution in [3.63, 3.8) is 0 Å². The standard InChI is InChI=1S/C12H21N3O3/c1-5-7-9-10(11(16)18-4)13-14-15(9)8-12(3,17)6-2/h17H,5-8H2,1-4H3. The van der Waals surface area contributed by atoms with Gasteiger partial charge in [-0.15, -0.1) is 5.10 Å². The van der Waals surface area contributed by atoms with Crippen molar-refractivity contribution in [1.29, 1.82) is 0 Å². The second kappa shape index (κ2) is 5.95. The molecule has 102 valence electrons. The minimum atomic E-state index is -0.858. The SMILES string of the molecule is CCCc1c(C(=O)OC)nnn1CC(C)(O)CC. The van der Waals surface area contributed by atoms with Crippen molar-refractivity contribution in [2.45, 2.75) is 52.2 Å². The molecule has 0 spiro atoms. The van der Waals surface area contributed by atoms with Gasteiger partial charge in [0.1, 0.15) is 0 Å². The Morgan fingerprint density at radius 2 is 2.17 bits per heavy atom. The molecular formula is C12H21N3O3. The van der Waals surface area contributed by atoms with E-state index in [0.717, 1.165) is 12.1 Å². The summed E-state index contributed by atoms with van der Waals surface area (Å²) in [5.74, 6) is -0.485. The Labute approximate surface area is 107 Å². The Hall–Kier alpha value is -1.43. The first kappa shape index (κ1) is 14.6. The molecule has 0 amide bonds. The fourth-order valence-electron chi connectivity index (χ4n) is 1.63. The number of carbonyl (C=O) groups is 1. The highest BCUT2D eigenvalue weighted by Gasteiger charge is 2.25. The van der Waals surface area contributed by atoms with Crippen molar-refractivity contribution in [2.24, 2.45) is 0 Å². The maximum absolute atomic E-state index is 11.6. The lowest BCUT2D eigenvalue weighted by Crippen LogP contribution is -2.31. The van der Waals surface area contributed by atoms with E-state index < -0.39 is 11.6 Å². The Bertz CT molecular complexity index is 413. The topological polar surface area (TPSA) is 77.2 Å². The Morgan fingerprint density at radius 1 is 1.50 bits per heavy atom. The summed E-state index contributed by atoms with van der Waals surface area (Å²) in [5.41, 5.74) is 0.105. The highest BCUT2D eigenvalue weighted by molar-refractivity contribution is 5.88. The second-order valence-electron chi connectivity index (χ2n) is 4.63. The third kappa shape index (κ3) is 3.29. The average molecular weight is 255 g/mol.